The molecule has 1 rings (SSSR count). The molecule has 18 heavy (non-hydrogen) atoms. The molecule has 0 saturated heterocycles. The number of nitrogens with one attached hydrogen (secondary N) is 2. The van der Waals surface area contributed by atoms with Gasteiger partial charge in [-0.15, -0.1) is 0 Å². The van der Waals surface area contributed by atoms with Gasteiger partial charge in [0, 0.05) is 38.1 Å². The Morgan fingerprint density at radius 3 is 2.94 bits per heavy atom. The molecule has 0 spiro atoms. The summed E-state index contributed by atoms with van der Waals surface area (Å²) in [6.45, 7) is 8.48. The SMILES string of the molecule is CCOCCCNC(=S)Nc1ccn(C(C)C)n1. The van der Waals surface area contributed by atoms with Crippen LogP contribution in [0.3, 0.4) is 0 Å². The molecule has 0 atom stereocenters. The molecular formula is C12H22N4OS. The Morgan fingerprint density at radius 1 is 1.56 bits per heavy atom. The van der Waals surface area contributed by atoms with Gasteiger partial charge in [0.1, 0.15) is 0 Å². The third-order valence-electron chi connectivity index (χ3n) is 2.33. The Labute approximate surface area is 114 Å². The quantitative estimate of drug-likeness (QED) is 0.587. The summed E-state index contributed by atoms with van der Waals surface area (Å²) in [5.41, 5.74) is 0. The molecule has 1 aromatic rings. The van der Waals surface area contributed by atoms with E-state index in [4.69, 9.17) is 17.0 Å². The zero-order chi connectivity index (χ0) is 13.4. The molecule has 0 amide bonds. The van der Waals surface area contributed by atoms with E-state index in [1.54, 1.807) is 0 Å². The minimum atomic E-state index is 0.355. The van der Waals surface area contributed by atoms with E-state index in [1.807, 2.05) is 23.9 Å². The minimum Gasteiger partial charge on any atom is -0.382 e. The summed E-state index contributed by atoms with van der Waals surface area (Å²) in [6.07, 6.45) is 2.88. The molecule has 1 aromatic heterocycles. The predicted molar refractivity (Wildman–Crippen MR) is 77.9 cm³/mol. The van der Waals surface area contributed by atoms with Crippen molar-refractivity contribution in [3.63, 3.8) is 0 Å². The van der Waals surface area contributed by atoms with Gasteiger partial charge in [-0.25, -0.2) is 0 Å². The Morgan fingerprint density at radius 2 is 2.33 bits per heavy atom. The van der Waals surface area contributed by atoms with Crippen LogP contribution in [-0.2, 0) is 4.74 Å². The number of ether oxygens (including phenoxy) is 1. The van der Waals surface area contributed by atoms with Gasteiger partial charge in [-0.3, -0.25) is 4.68 Å². The lowest BCUT2D eigenvalue weighted by atomic mass is 10.4. The van der Waals surface area contributed by atoms with Crippen LogP contribution in [0.4, 0.5) is 5.82 Å². The molecule has 0 aliphatic rings. The van der Waals surface area contributed by atoms with Crippen molar-refractivity contribution in [1.82, 2.24) is 15.1 Å². The first-order valence-electron chi connectivity index (χ1n) is 6.31. The molecular weight excluding hydrogens is 248 g/mol. The van der Waals surface area contributed by atoms with Crippen molar-refractivity contribution in [2.75, 3.05) is 25.1 Å². The lowest BCUT2D eigenvalue weighted by molar-refractivity contribution is 0.146. The Balaban J connectivity index is 2.22. The van der Waals surface area contributed by atoms with Crippen LogP contribution in [0.15, 0.2) is 12.3 Å². The Hall–Kier alpha value is -1.14. The summed E-state index contributed by atoms with van der Waals surface area (Å²) in [6, 6.07) is 2.27. The highest BCUT2D eigenvalue weighted by Crippen LogP contribution is 2.07. The van der Waals surface area contributed by atoms with E-state index in [2.05, 4.69) is 29.6 Å². The number of hydrogen-bond acceptors (Lipinski definition) is 3. The second kappa shape index (κ2) is 8.05. The monoisotopic (exact) mass is 270 g/mol. The third kappa shape index (κ3) is 5.46. The minimum absolute atomic E-state index is 0.355. The maximum atomic E-state index is 5.24. The number of aromatic nitrogens is 2. The van der Waals surface area contributed by atoms with Crippen LogP contribution in [0.5, 0.6) is 0 Å². The highest BCUT2D eigenvalue weighted by molar-refractivity contribution is 7.80. The molecule has 2 N–H and O–H groups in total. The van der Waals surface area contributed by atoms with Gasteiger partial charge in [-0.2, -0.15) is 5.10 Å². The van der Waals surface area contributed by atoms with Crippen LogP contribution in [0, 0.1) is 0 Å². The van der Waals surface area contributed by atoms with Crippen molar-refractivity contribution in [3.05, 3.63) is 12.3 Å². The number of anilines is 1. The number of nitrogens with zero attached hydrogens (tertiary/aromatic N) is 2. The summed E-state index contributed by atoms with van der Waals surface area (Å²) in [4.78, 5) is 0. The molecule has 102 valence electrons. The normalized spacial score (nSPS) is 10.7. The van der Waals surface area contributed by atoms with Gasteiger partial charge in [-0.1, -0.05) is 0 Å². The van der Waals surface area contributed by atoms with Gasteiger partial charge in [0.25, 0.3) is 0 Å². The predicted octanol–water partition coefficient (Wildman–Crippen LogP) is 2.18. The standard InChI is InChI=1S/C12H22N4OS/c1-4-17-9-5-7-13-12(18)14-11-6-8-16(15-11)10(2)3/h6,8,10H,4-5,7,9H2,1-3H3,(H2,13,14,15,18). The second-order valence-corrected chi connectivity index (χ2v) is 4.61. The van der Waals surface area contributed by atoms with Crippen molar-refractivity contribution in [3.8, 4) is 0 Å². The summed E-state index contributed by atoms with van der Waals surface area (Å²) in [5, 5.41) is 11.1. The van der Waals surface area contributed by atoms with Gasteiger partial charge in [0.2, 0.25) is 0 Å². The Kier molecular flexibility index (Phi) is 6.67. The van der Waals surface area contributed by atoms with Crippen LogP contribution in [-0.4, -0.2) is 34.7 Å². The molecule has 0 aliphatic heterocycles. The highest BCUT2D eigenvalue weighted by atomic mass is 32.1. The van der Waals surface area contributed by atoms with Crippen molar-refractivity contribution in [2.45, 2.75) is 33.2 Å². The molecule has 0 aromatic carbocycles. The van der Waals surface area contributed by atoms with Crippen LogP contribution < -0.4 is 10.6 Å². The first kappa shape index (κ1) is 14.9. The summed E-state index contributed by atoms with van der Waals surface area (Å²) >= 11 is 5.18. The van der Waals surface area contributed by atoms with Crippen LogP contribution in [0.25, 0.3) is 0 Å². The van der Waals surface area contributed by atoms with Crippen LogP contribution >= 0.6 is 12.2 Å². The Bertz CT molecular complexity index is 365. The molecule has 6 heteroatoms. The zero-order valence-electron chi connectivity index (χ0n) is 11.3. The first-order chi connectivity index (χ1) is 8.63. The fraction of sp³-hybridized carbons (Fsp3) is 0.667. The molecule has 0 bridgehead atoms. The molecule has 0 aliphatic carbocycles. The lowest BCUT2D eigenvalue weighted by Gasteiger charge is -2.09. The van der Waals surface area contributed by atoms with Crippen LogP contribution in [0.1, 0.15) is 33.2 Å². The molecule has 0 unspecified atom stereocenters. The summed E-state index contributed by atoms with van der Waals surface area (Å²) in [5.74, 6) is 0.769. The zero-order valence-corrected chi connectivity index (χ0v) is 12.1. The number of hydrogen-bond donors (Lipinski definition) is 2. The van der Waals surface area contributed by atoms with Gasteiger partial charge in [-0.05, 0) is 39.4 Å². The van der Waals surface area contributed by atoms with Gasteiger partial charge >= 0.3 is 0 Å². The summed E-state index contributed by atoms with van der Waals surface area (Å²) < 4.78 is 7.13. The van der Waals surface area contributed by atoms with E-state index in [-0.39, 0.29) is 0 Å². The van der Waals surface area contributed by atoms with E-state index in [9.17, 15) is 0 Å². The second-order valence-electron chi connectivity index (χ2n) is 4.21. The van der Waals surface area contributed by atoms with Crippen molar-refractivity contribution in [2.24, 2.45) is 0 Å². The average molecular weight is 270 g/mol. The van der Waals surface area contributed by atoms with Crippen molar-refractivity contribution >= 4 is 23.1 Å². The summed E-state index contributed by atoms with van der Waals surface area (Å²) in [7, 11) is 0. The molecule has 5 nitrogen and oxygen atoms in total. The fourth-order valence-electron chi connectivity index (χ4n) is 1.37. The van der Waals surface area contributed by atoms with E-state index in [1.165, 1.54) is 0 Å². The largest absolute Gasteiger partial charge is 0.382 e. The molecule has 1 heterocycles. The number of rotatable bonds is 7. The average Bonchev–Trinajstić information content (AvgIpc) is 2.77. The van der Waals surface area contributed by atoms with Crippen molar-refractivity contribution in [1.29, 1.82) is 0 Å². The topological polar surface area (TPSA) is 51.1 Å². The lowest BCUT2D eigenvalue weighted by Crippen LogP contribution is -2.30. The van der Waals surface area contributed by atoms with E-state index >= 15 is 0 Å². The first-order valence-corrected chi connectivity index (χ1v) is 6.72. The van der Waals surface area contributed by atoms with Gasteiger partial charge in [0.05, 0.1) is 0 Å². The fourth-order valence-corrected chi connectivity index (χ4v) is 1.58. The molecule has 0 fully saturated rings. The third-order valence-corrected chi connectivity index (χ3v) is 2.58. The smallest absolute Gasteiger partial charge is 0.171 e. The molecule has 0 radical (unpaired) electrons. The van der Waals surface area contributed by atoms with Gasteiger partial charge < -0.3 is 15.4 Å². The number of thiocarbonyl (C=S) groups is 1. The molecule has 0 saturated carbocycles. The van der Waals surface area contributed by atoms with Crippen LogP contribution in [0.2, 0.25) is 0 Å². The maximum absolute atomic E-state index is 5.24. The van der Waals surface area contributed by atoms with E-state index < -0.39 is 0 Å². The maximum Gasteiger partial charge on any atom is 0.171 e. The van der Waals surface area contributed by atoms with E-state index in [0.29, 0.717) is 11.2 Å². The van der Waals surface area contributed by atoms with Crippen molar-refractivity contribution < 1.29 is 4.74 Å². The van der Waals surface area contributed by atoms with E-state index in [0.717, 1.165) is 32.0 Å². The van der Waals surface area contributed by atoms with Gasteiger partial charge in [0.15, 0.2) is 10.9 Å². The highest BCUT2D eigenvalue weighted by Gasteiger charge is 2.03.